The molecule has 156 valence electrons. The first-order valence-corrected chi connectivity index (χ1v) is 10.5. The quantitative estimate of drug-likeness (QED) is 0.666. The van der Waals surface area contributed by atoms with E-state index in [1.54, 1.807) is 6.07 Å². The van der Waals surface area contributed by atoms with Crippen molar-refractivity contribution in [2.75, 3.05) is 6.54 Å². The van der Waals surface area contributed by atoms with Gasteiger partial charge in [0.15, 0.2) is 0 Å². The summed E-state index contributed by atoms with van der Waals surface area (Å²) in [5.41, 5.74) is 2.82. The molecule has 1 fully saturated rings. The van der Waals surface area contributed by atoms with Crippen LogP contribution in [-0.2, 0) is 28.9 Å². The molecule has 7 nitrogen and oxygen atoms in total. The highest BCUT2D eigenvalue weighted by Crippen LogP contribution is 2.35. The number of amides is 1. The Morgan fingerprint density at radius 3 is 2.67 bits per heavy atom. The van der Waals surface area contributed by atoms with Crippen molar-refractivity contribution in [1.82, 2.24) is 4.90 Å². The number of nitrogens with zero attached hydrogens (tertiary/aromatic N) is 1. The molecular formula is C23H23NO6. The van der Waals surface area contributed by atoms with E-state index in [4.69, 9.17) is 8.83 Å². The van der Waals surface area contributed by atoms with Crippen LogP contribution in [0, 0.1) is 6.92 Å². The van der Waals surface area contributed by atoms with Crippen LogP contribution in [0.4, 0.5) is 0 Å². The number of likely N-dealkylation sites (tertiary alicyclic amines) is 1. The molecule has 1 saturated heterocycles. The Labute approximate surface area is 172 Å². The second kappa shape index (κ2) is 7.00. The van der Waals surface area contributed by atoms with Crippen molar-refractivity contribution in [2.45, 2.75) is 57.9 Å². The summed E-state index contributed by atoms with van der Waals surface area (Å²) >= 11 is 0. The number of furan rings is 1. The van der Waals surface area contributed by atoms with E-state index in [1.807, 2.05) is 13.0 Å². The number of aliphatic carboxylic acids is 1. The molecule has 2 aliphatic rings. The largest absolute Gasteiger partial charge is 0.480 e. The Bertz CT molecular complexity index is 1250. The molecule has 3 heterocycles. The molecule has 1 aliphatic carbocycles. The van der Waals surface area contributed by atoms with Crippen LogP contribution in [0.15, 0.2) is 25.8 Å². The molecule has 0 radical (unpaired) electrons. The highest BCUT2D eigenvalue weighted by atomic mass is 16.4. The molecule has 1 amide bonds. The van der Waals surface area contributed by atoms with Gasteiger partial charge in [0, 0.05) is 35.4 Å². The molecule has 5 rings (SSSR count). The van der Waals surface area contributed by atoms with Gasteiger partial charge in [-0.05, 0) is 50.7 Å². The van der Waals surface area contributed by atoms with Crippen LogP contribution in [-0.4, -0.2) is 34.5 Å². The number of fused-ring (bicyclic) bond motifs is 4. The molecule has 0 bridgehead atoms. The van der Waals surface area contributed by atoms with Crippen molar-refractivity contribution in [3.63, 3.8) is 0 Å². The van der Waals surface area contributed by atoms with Crippen LogP contribution >= 0.6 is 0 Å². The molecule has 7 heteroatoms. The van der Waals surface area contributed by atoms with Crippen molar-refractivity contribution in [1.29, 1.82) is 0 Å². The predicted molar refractivity (Wildman–Crippen MR) is 110 cm³/mol. The average molecular weight is 409 g/mol. The Kier molecular flexibility index (Phi) is 4.41. The van der Waals surface area contributed by atoms with Crippen molar-refractivity contribution in [3.05, 3.63) is 45.0 Å². The van der Waals surface area contributed by atoms with Gasteiger partial charge < -0.3 is 18.8 Å². The van der Waals surface area contributed by atoms with Crippen molar-refractivity contribution >= 4 is 33.8 Å². The van der Waals surface area contributed by atoms with Crippen molar-refractivity contribution in [3.8, 4) is 0 Å². The monoisotopic (exact) mass is 409 g/mol. The van der Waals surface area contributed by atoms with E-state index in [0.717, 1.165) is 47.8 Å². The molecule has 1 N–H and O–H groups in total. The standard InChI is InChI=1S/C23H23NO6/c1-12-14-9-16-13-5-2-3-7-18(13)29-20(16)11-19(14)30-23(28)15(12)10-21(25)24-8-4-6-17(24)22(26)27/h9,11,17H,2-8,10H2,1H3,(H,26,27). The van der Waals surface area contributed by atoms with Crippen LogP contribution < -0.4 is 5.63 Å². The lowest BCUT2D eigenvalue weighted by atomic mass is 9.94. The number of hydrogen-bond donors (Lipinski definition) is 1. The molecular weight excluding hydrogens is 386 g/mol. The van der Waals surface area contributed by atoms with Gasteiger partial charge >= 0.3 is 11.6 Å². The van der Waals surface area contributed by atoms with Gasteiger partial charge in [0.05, 0.1) is 12.0 Å². The zero-order valence-electron chi connectivity index (χ0n) is 16.8. The topological polar surface area (TPSA) is 101 Å². The van der Waals surface area contributed by atoms with Gasteiger partial charge in [-0.2, -0.15) is 0 Å². The third-order valence-corrected chi connectivity index (χ3v) is 6.55. The lowest BCUT2D eigenvalue weighted by molar-refractivity contribution is -0.148. The Balaban J connectivity index is 1.57. The lowest BCUT2D eigenvalue weighted by Crippen LogP contribution is -2.41. The molecule has 1 atom stereocenters. The van der Waals surface area contributed by atoms with E-state index in [2.05, 4.69) is 0 Å². The molecule has 1 aromatic carbocycles. The van der Waals surface area contributed by atoms with E-state index in [-0.39, 0.29) is 12.3 Å². The summed E-state index contributed by atoms with van der Waals surface area (Å²) in [6.45, 7) is 2.22. The molecule has 0 spiro atoms. The number of hydrogen-bond acceptors (Lipinski definition) is 5. The average Bonchev–Trinajstić information content (AvgIpc) is 3.34. The smallest absolute Gasteiger partial charge is 0.340 e. The van der Waals surface area contributed by atoms with Crippen molar-refractivity contribution in [2.24, 2.45) is 0 Å². The first kappa shape index (κ1) is 18.9. The lowest BCUT2D eigenvalue weighted by Gasteiger charge is -2.21. The Morgan fingerprint density at radius 1 is 1.10 bits per heavy atom. The maximum absolute atomic E-state index is 12.8. The van der Waals surface area contributed by atoms with Gasteiger partial charge in [0.25, 0.3) is 0 Å². The first-order chi connectivity index (χ1) is 14.4. The highest BCUT2D eigenvalue weighted by molar-refractivity contribution is 5.97. The first-order valence-electron chi connectivity index (χ1n) is 10.5. The van der Waals surface area contributed by atoms with Crippen LogP contribution in [0.3, 0.4) is 0 Å². The Morgan fingerprint density at radius 2 is 1.87 bits per heavy atom. The fraction of sp³-hybridized carbons (Fsp3) is 0.435. The van der Waals surface area contributed by atoms with Gasteiger partial charge in [0.2, 0.25) is 5.91 Å². The van der Waals surface area contributed by atoms with E-state index in [0.29, 0.717) is 36.1 Å². The van der Waals surface area contributed by atoms with Gasteiger partial charge in [0.1, 0.15) is 23.0 Å². The zero-order valence-corrected chi connectivity index (χ0v) is 16.8. The van der Waals surface area contributed by atoms with Gasteiger partial charge in [-0.15, -0.1) is 0 Å². The van der Waals surface area contributed by atoms with Crippen molar-refractivity contribution < 1.29 is 23.5 Å². The highest BCUT2D eigenvalue weighted by Gasteiger charge is 2.34. The minimum atomic E-state index is -1.00. The van der Waals surface area contributed by atoms with E-state index in [9.17, 15) is 19.5 Å². The van der Waals surface area contributed by atoms with Crippen LogP contribution in [0.25, 0.3) is 21.9 Å². The van der Waals surface area contributed by atoms with Crippen LogP contribution in [0.1, 0.15) is 48.1 Å². The molecule has 2 aromatic heterocycles. The third-order valence-electron chi connectivity index (χ3n) is 6.55. The number of carboxylic acid groups (broad SMARTS) is 1. The predicted octanol–water partition coefficient (Wildman–Crippen LogP) is 3.34. The number of carboxylic acids is 1. The third kappa shape index (κ3) is 2.91. The maximum Gasteiger partial charge on any atom is 0.340 e. The van der Waals surface area contributed by atoms with E-state index in [1.165, 1.54) is 10.5 Å². The maximum atomic E-state index is 12.8. The summed E-state index contributed by atoms with van der Waals surface area (Å²) in [6.07, 6.45) is 5.07. The number of benzene rings is 1. The van der Waals surface area contributed by atoms with E-state index >= 15 is 0 Å². The summed E-state index contributed by atoms with van der Waals surface area (Å²) in [6, 6.07) is 2.95. The fourth-order valence-electron chi connectivity index (χ4n) is 4.92. The minimum absolute atomic E-state index is 0.157. The van der Waals surface area contributed by atoms with Gasteiger partial charge in [-0.1, -0.05) is 0 Å². The number of carbonyl (C=O) groups is 2. The normalized spacial score (nSPS) is 18.8. The van der Waals surface area contributed by atoms with Crippen LogP contribution in [0.5, 0.6) is 0 Å². The number of rotatable bonds is 3. The zero-order chi connectivity index (χ0) is 21.0. The minimum Gasteiger partial charge on any atom is -0.480 e. The summed E-state index contributed by atoms with van der Waals surface area (Å²) in [5.74, 6) is -0.345. The van der Waals surface area contributed by atoms with E-state index < -0.39 is 17.6 Å². The molecule has 0 saturated carbocycles. The summed E-state index contributed by atoms with van der Waals surface area (Å²) < 4.78 is 11.5. The SMILES string of the molecule is Cc1c(CC(=O)N2CCCC2C(=O)O)c(=O)oc2cc3oc4c(c3cc12)CCCC4. The van der Waals surface area contributed by atoms with Crippen LogP contribution in [0.2, 0.25) is 0 Å². The second-order valence-electron chi connectivity index (χ2n) is 8.31. The second-order valence-corrected chi connectivity index (χ2v) is 8.31. The van der Waals surface area contributed by atoms with Gasteiger partial charge in [-0.25, -0.2) is 9.59 Å². The fourth-order valence-corrected chi connectivity index (χ4v) is 4.92. The summed E-state index contributed by atoms with van der Waals surface area (Å²) in [4.78, 5) is 38.2. The Hall–Kier alpha value is -3.09. The molecule has 1 unspecified atom stereocenters. The molecule has 3 aromatic rings. The number of carbonyl (C=O) groups excluding carboxylic acids is 1. The number of aryl methyl sites for hydroxylation is 3. The van der Waals surface area contributed by atoms with Gasteiger partial charge in [-0.3, -0.25) is 4.79 Å². The summed E-state index contributed by atoms with van der Waals surface area (Å²) in [7, 11) is 0. The molecule has 1 aliphatic heterocycles. The molecule has 30 heavy (non-hydrogen) atoms. The summed E-state index contributed by atoms with van der Waals surface area (Å²) in [5, 5.41) is 11.2.